The van der Waals surface area contributed by atoms with Gasteiger partial charge >= 0.3 is 12.1 Å². The van der Waals surface area contributed by atoms with Crippen LogP contribution in [0.15, 0.2) is 181 Å². The summed E-state index contributed by atoms with van der Waals surface area (Å²) in [7, 11) is -4.31. The van der Waals surface area contributed by atoms with Crippen molar-refractivity contribution in [2.75, 3.05) is 19.0 Å². The Morgan fingerprint density at radius 2 is 1.19 bits per heavy atom. The van der Waals surface area contributed by atoms with Gasteiger partial charge in [0.1, 0.15) is 25.3 Å². The maximum absolute atomic E-state index is 14.9. The number of alkyl carbamates (subject to hydrolysis) is 1. The summed E-state index contributed by atoms with van der Waals surface area (Å²) in [6, 6.07) is 46.6. The van der Waals surface area contributed by atoms with E-state index in [-0.39, 0.29) is 29.8 Å². The minimum absolute atomic E-state index is 0.0724. The SMILES string of the molecule is C=CCOC(=O)C[C@H](O)[C@H](NC(=O)[C@@H](CSC(c1ccccc1)(c1ccccc1)c1ccccc1)NC(=O)[C@@H](CCC(=O)NS(=O)(=O)c1ccc(C)cc1)NC(=O)OCC1c2ccccc2-c2ccccc21)C(C)C. The summed E-state index contributed by atoms with van der Waals surface area (Å²) >= 11 is 1.37. The first-order valence-electron chi connectivity index (χ1n) is 24.7. The fourth-order valence-electron chi connectivity index (χ4n) is 9.22. The lowest BCUT2D eigenvalue weighted by molar-refractivity contribution is -0.145. The number of nitrogens with one attached hydrogen (secondary N) is 4. The smallest absolute Gasteiger partial charge is 0.407 e. The number of esters is 1. The van der Waals surface area contributed by atoms with E-state index < -0.39 is 94.0 Å². The molecule has 75 heavy (non-hydrogen) atoms. The van der Waals surface area contributed by atoms with Crippen molar-refractivity contribution < 1.29 is 47.0 Å². The monoisotopic (exact) mass is 1050 g/mol. The first-order valence-corrected chi connectivity index (χ1v) is 27.2. The zero-order chi connectivity index (χ0) is 53.5. The number of aliphatic hydroxyl groups is 1. The van der Waals surface area contributed by atoms with E-state index in [2.05, 4.69) is 27.3 Å². The van der Waals surface area contributed by atoms with E-state index >= 15 is 0 Å². The lowest BCUT2D eigenvalue weighted by atomic mass is 9.84. The van der Waals surface area contributed by atoms with Crippen LogP contribution in [-0.4, -0.2) is 86.5 Å². The average Bonchev–Trinajstić information content (AvgIpc) is 3.74. The summed E-state index contributed by atoms with van der Waals surface area (Å²) in [6.45, 7) is 8.69. The minimum Gasteiger partial charge on any atom is -0.461 e. The molecule has 4 atom stereocenters. The molecule has 7 rings (SSSR count). The van der Waals surface area contributed by atoms with Crippen LogP contribution in [0, 0.1) is 12.8 Å². The van der Waals surface area contributed by atoms with Crippen molar-refractivity contribution in [3.63, 3.8) is 0 Å². The Bertz CT molecular complexity index is 2910. The number of benzene rings is 6. The third-order valence-corrected chi connectivity index (χ3v) is 16.0. The van der Waals surface area contributed by atoms with E-state index in [1.807, 2.05) is 140 Å². The Hall–Kier alpha value is -7.53. The van der Waals surface area contributed by atoms with Gasteiger partial charge in [-0.25, -0.2) is 17.9 Å². The molecule has 0 saturated carbocycles. The van der Waals surface area contributed by atoms with Gasteiger partial charge in [0.05, 0.1) is 28.2 Å². The Kier molecular flexibility index (Phi) is 18.9. The van der Waals surface area contributed by atoms with Gasteiger partial charge in [-0.1, -0.05) is 184 Å². The maximum atomic E-state index is 14.9. The fraction of sp³-hybridized carbons (Fsp3) is 0.271. The third-order valence-electron chi connectivity index (χ3n) is 13.0. The van der Waals surface area contributed by atoms with E-state index in [1.165, 1.54) is 30.0 Å². The number of ether oxygens (including phenoxy) is 2. The lowest BCUT2D eigenvalue weighted by Crippen LogP contribution is -2.58. The minimum atomic E-state index is -4.31. The number of hydrogen-bond donors (Lipinski definition) is 5. The maximum Gasteiger partial charge on any atom is 0.407 e. The molecule has 0 aromatic heterocycles. The standard InChI is InChI=1S/C59H62N4O10S2/c1-5-35-72-54(66)36-52(64)55(39(2)3)62-57(68)51(38-74-59(41-19-9-6-10-20-41,42-21-11-7-12-22-42)43-23-13-8-14-24-43)60-56(67)50(33-34-53(65)63-75(70,71)44-31-29-40(4)30-32-44)61-58(69)73-37-49-47-27-17-15-25-45(47)46-26-16-18-28-48(46)49/h5-32,39,49-52,55,64H,1,33-38H2,2-4H3,(H,60,67)(H,61,69)(H,62,68)(H,63,65)/t50-,51-,52+,55-/m1/s1. The second-order valence-corrected chi connectivity index (χ2v) is 21.5. The van der Waals surface area contributed by atoms with E-state index in [0.29, 0.717) is 0 Å². The highest BCUT2D eigenvalue weighted by atomic mass is 32.2. The molecule has 6 aromatic carbocycles. The summed E-state index contributed by atoms with van der Waals surface area (Å²) < 4.78 is 38.6. The first kappa shape index (κ1) is 55.2. The van der Waals surface area contributed by atoms with E-state index in [0.717, 1.165) is 44.5 Å². The molecule has 0 aliphatic heterocycles. The van der Waals surface area contributed by atoms with Crippen LogP contribution >= 0.6 is 11.8 Å². The van der Waals surface area contributed by atoms with Crippen molar-refractivity contribution in [1.82, 2.24) is 20.7 Å². The second-order valence-electron chi connectivity index (χ2n) is 18.6. The summed E-state index contributed by atoms with van der Waals surface area (Å²) in [5.41, 5.74) is 7.33. The van der Waals surface area contributed by atoms with Crippen LogP contribution in [-0.2, 0) is 43.4 Å². The van der Waals surface area contributed by atoms with Crippen LogP contribution in [0.5, 0.6) is 0 Å². The molecule has 0 spiro atoms. The van der Waals surface area contributed by atoms with Crippen molar-refractivity contribution in [3.05, 3.63) is 210 Å². The molecule has 1 aliphatic rings. The molecule has 0 bridgehead atoms. The van der Waals surface area contributed by atoms with Gasteiger partial charge in [0.25, 0.3) is 10.0 Å². The Morgan fingerprint density at radius 1 is 0.680 bits per heavy atom. The first-order chi connectivity index (χ1) is 36.1. The number of rotatable bonds is 24. The fourth-order valence-corrected chi connectivity index (χ4v) is 11.8. The van der Waals surface area contributed by atoms with Crippen molar-refractivity contribution in [2.24, 2.45) is 5.92 Å². The molecule has 0 saturated heterocycles. The van der Waals surface area contributed by atoms with Gasteiger partial charge in [-0.15, -0.1) is 11.8 Å². The highest BCUT2D eigenvalue weighted by Crippen LogP contribution is 2.49. The number of aryl methyl sites for hydroxylation is 1. The number of carbonyl (C=O) groups excluding carboxylic acids is 5. The molecule has 0 radical (unpaired) electrons. The molecule has 14 nitrogen and oxygen atoms in total. The largest absolute Gasteiger partial charge is 0.461 e. The molecule has 0 unspecified atom stereocenters. The topological polar surface area (TPSA) is 206 Å². The highest BCUT2D eigenvalue weighted by molar-refractivity contribution is 8.00. The number of carbonyl (C=O) groups is 5. The predicted octanol–water partition coefficient (Wildman–Crippen LogP) is 8.32. The lowest BCUT2D eigenvalue weighted by Gasteiger charge is -2.37. The van der Waals surface area contributed by atoms with Crippen molar-refractivity contribution in [3.8, 4) is 11.1 Å². The third kappa shape index (κ3) is 13.8. The number of hydrogen-bond acceptors (Lipinski definition) is 11. The van der Waals surface area contributed by atoms with Crippen LogP contribution in [0.1, 0.15) is 72.4 Å². The van der Waals surface area contributed by atoms with Gasteiger partial charge in [-0.2, -0.15) is 0 Å². The Morgan fingerprint density at radius 3 is 1.71 bits per heavy atom. The molecule has 4 amide bonds. The van der Waals surface area contributed by atoms with Gasteiger partial charge in [0.2, 0.25) is 17.7 Å². The molecule has 1 aliphatic carbocycles. The quantitative estimate of drug-likeness (QED) is 0.0221. The summed E-state index contributed by atoms with van der Waals surface area (Å²) in [4.78, 5) is 69.8. The van der Waals surface area contributed by atoms with Gasteiger partial charge in [0, 0.05) is 18.1 Å². The summed E-state index contributed by atoms with van der Waals surface area (Å²) in [5.74, 6) is -4.13. The number of sulfonamides is 1. The molecule has 0 heterocycles. The summed E-state index contributed by atoms with van der Waals surface area (Å²) in [5, 5.41) is 19.8. The summed E-state index contributed by atoms with van der Waals surface area (Å²) in [6.07, 6.45) is -2.42. The van der Waals surface area contributed by atoms with Crippen LogP contribution in [0.3, 0.4) is 0 Å². The van der Waals surface area contributed by atoms with E-state index in [1.54, 1.807) is 32.9 Å². The molecule has 5 N–H and O–H groups in total. The zero-order valence-electron chi connectivity index (χ0n) is 42.0. The molecular weight excluding hydrogens is 989 g/mol. The van der Waals surface area contributed by atoms with E-state index in [4.69, 9.17) is 9.47 Å². The van der Waals surface area contributed by atoms with E-state index in [9.17, 15) is 37.5 Å². The predicted molar refractivity (Wildman–Crippen MR) is 290 cm³/mol. The average molecular weight is 1050 g/mol. The van der Waals surface area contributed by atoms with Crippen LogP contribution in [0.4, 0.5) is 4.79 Å². The molecule has 390 valence electrons. The van der Waals surface area contributed by atoms with Gasteiger partial charge < -0.3 is 30.5 Å². The molecule has 6 aromatic rings. The van der Waals surface area contributed by atoms with Crippen molar-refractivity contribution in [1.29, 1.82) is 0 Å². The normalized spacial score (nSPS) is 13.7. The number of fused-ring (bicyclic) bond motifs is 3. The number of thioether (sulfide) groups is 1. The number of aliphatic hydroxyl groups excluding tert-OH is 1. The molecule has 16 heteroatoms. The van der Waals surface area contributed by atoms with Gasteiger partial charge in [-0.05, 0) is 70.3 Å². The molecule has 0 fully saturated rings. The van der Waals surface area contributed by atoms with Crippen LogP contribution in [0.2, 0.25) is 0 Å². The highest BCUT2D eigenvalue weighted by Gasteiger charge is 2.40. The molecular formula is C59H62N4O10S2. The Labute approximate surface area is 442 Å². The second kappa shape index (κ2) is 25.6. The van der Waals surface area contributed by atoms with Crippen LogP contribution in [0.25, 0.3) is 11.1 Å². The Balaban J connectivity index is 1.21. The van der Waals surface area contributed by atoms with Gasteiger partial charge in [-0.3, -0.25) is 19.2 Å². The van der Waals surface area contributed by atoms with Gasteiger partial charge in [0.15, 0.2) is 0 Å². The number of amides is 4. The zero-order valence-corrected chi connectivity index (χ0v) is 43.7. The van der Waals surface area contributed by atoms with Crippen molar-refractivity contribution in [2.45, 2.75) is 79.8 Å². The van der Waals surface area contributed by atoms with Crippen molar-refractivity contribution >= 4 is 51.6 Å². The van der Waals surface area contributed by atoms with Crippen LogP contribution < -0.4 is 20.7 Å².